The number of hydrogen-bond donors (Lipinski definition) is 1. The molecule has 0 aromatic heterocycles. The summed E-state index contributed by atoms with van der Waals surface area (Å²) in [5.74, 6) is -0.313. The van der Waals surface area contributed by atoms with Crippen molar-refractivity contribution >= 4 is 48.4 Å². The van der Waals surface area contributed by atoms with E-state index in [9.17, 15) is 4.79 Å². The van der Waals surface area contributed by atoms with Crippen molar-refractivity contribution < 1.29 is 23.4 Å². The van der Waals surface area contributed by atoms with Gasteiger partial charge in [-0.25, -0.2) is 0 Å². The van der Waals surface area contributed by atoms with Crippen molar-refractivity contribution in [2.45, 2.75) is 77.8 Å². The van der Waals surface area contributed by atoms with Crippen LogP contribution < -0.4 is 16.2 Å². The van der Waals surface area contributed by atoms with Crippen molar-refractivity contribution in [1.29, 1.82) is 0 Å². The summed E-state index contributed by atoms with van der Waals surface area (Å²) in [5, 5.41) is 3.37. The van der Waals surface area contributed by atoms with Crippen molar-refractivity contribution in [3.63, 3.8) is 0 Å². The van der Waals surface area contributed by atoms with Crippen LogP contribution in [0.2, 0.25) is 5.02 Å². The maximum atomic E-state index is 13.0. The van der Waals surface area contributed by atoms with Crippen LogP contribution in [0.3, 0.4) is 0 Å². The first-order valence-electron chi connectivity index (χ1n) is 11.5. The molecule has 0 spiro atoms. The number of nitrogens with one attached hydrogen (secondary N) is 1. The Morgan fingerprint density at radius 3 is 1.79 bits per heavy atom. The molecule has 2 aliphatic heterocycles. The van der Waals surface area contributed by atoms with Gasteiger partial charge in [0.05, 0.1) is 33.0 Å². The van der Waals surface area contributed by atoms with Gasteiger partial charge >= 0.3 is 14.2 Å². The molecule has 1 amide bonds. The number of carbonyl (C=O) groups is 1. The molecular formula is C25H32B2ClNO5. The average molecular weight is 484 g/mol. The van der Waals surface area contributed by atoms with Crippen molar-refractivity contribution in [1.82, 2.24) is 0 Å². The Hall–Kier alpha value is -1.83. The summed E-state index contributed by atoms with van der Waals surface area (Å²) in [6, 6.07) is 12.6. The van der Waals surface area contributed by atoms with E-state index in [2.05, 4.69) is 5.32 Å². The molecule has 2 heterocycles. The zero-order valence-electron chi connectivity index (χ0n) is 21.1. The third-order valence-corrected chi connectivity index (χ3v) is 7.80. The summed E-state index contributed by atoms with van der Waals surface area (Å²) in [6.45, 7) is 16.0. The van der Waals surface area contributed by atoms with Crippen molar-refractivity contribution in [2.24, 2.45) is 0 Å². The Bertz CT molecular complexity index is 1090. The summed E-state index contributed by atoms with van der Waals surface area (Å²) in [5.41, 5.74) is 0.440. The summed E-state index contributed by atoms with van der Waals surface area (Å²) >= 11 is 6.25. The third kappa shape index (κ3) is 4.42. The largest absolute Gasteiger partial charge is 0.496 e. The molecule has 0 unspecified atom stereocenters. The molecule has 0 saturated carbocycles. The highest BCUT2D eigenvalue weighted by atomic mass is 35.5. The Kier molecular flexibility index (Phi) is 6.23. The number of amides is 1. The van der Waals surface area contributed by atoms with Crippen LogP contribution in [0.5, 0.6) is 0 Å². The topological polar surface area (TPSA) is 66.0 Å². The second-order valence-electron chi connectivity index (χ2n) is 11.0. The lowest BCUT2D eigenvalue weighted by Gasteiger charge is -2.32. The first kappa shape index (κ1) is 25.3. The van der Waals surface area contributed by atoms with E-state index in [4.69, 9.17) is 30.2 Å². The summed E-state index contributed by atoms with van der Waals surface area (Å²) < 4.78 is 25.1. The molecule has 34 heavy (non-hydrogen) atoms. The zero-order chi connectivity index (χ0) is 25.1. The summed E-state index contributed by atoms with van der Waals surface area (Å²) in [7, 11) is -1.24. The Labute approximate surface area is 207 Å². The lowest BCUT2D eigenvalue weighted by atomic mass is 9.71. The predicted molar refractivity (Wildman–Crippen MR) is 137 cm³/mol. The van der Waals surface area contributed by atoms with Gasteiger partial charge in [0.25, 0.3) is 5.91 Å². The van der Waals surface area contributed by atoms with Crippen LogP contribution in [0.25, 0.3) is 0 Å². The van der Waals surface area contributed by atoms with E-state index in [0.717, 1.165) is 5.46 Å². The van der Waals surface area contributed by atoms with E-state index < -0.39 is 36.6 Å². The standard InChI is InChI=1S/C25H32B2ClNO5/c1-22(2)23(3,4)32-26(31-22)16-13-14-20(29-21(30)17-11-9-10-12-19(17)28)18(15-16)27-33-24(5,6)25(7,8)34-27/h9-15H,1-8H3,(H,29,30). The van der Waals surface area contributed by atoms with Gasteiger partial charge in [-0.1, -0.05) is 35.9 Å². The van der Waals surface area contributed by atoms with Gasteiger partial charge in [-0.05, 0) is 79.1 Å². The van der Waals surface area contributed by atoms with Gasteiger partial charge < -0.3 is 23.9 Å². The molecule has 2 aromatic rings. The van der Waals surface area contributed by atoms with E-state index in [0.29, 0.717) is 21.7 Å². The van der Waals surface area contributed by atoms with Crippen LogP contribution in [0, 0.1) is 0 Å². The van der Waals surface area contributed by atoms with Crippen molar-refractivity contribution in [3.8, 4) is 0 Å². The van der Waals surface area contributed by atoms with E-state index >= 15 is 0 Å². The minimum Gasteiger partial charge on any atom is -0.399 e. The van der Waals surface area contributed by atoms with Gasteiger partial charge in [0, 0.05) is 11.2 Å². The molecule has 1 N–H and O–H groups in total. The van der Waals surface area contributed by atoms with Crippen LogP contribution in [0.1, 0.15) is 65.7 Å². The Morgan fingerprint density at radius 2 is 1.26 bits per heavy atom. The predicted octanol–water partition coefficient (Wildman–Crippen LogP) is 4.19. The molecule has 4 rings (SSSR count). The summed E-state index contributed by atoms with van der Waals surface area (Å²) in [4.78, 5) is 13.0. The molecule has 2 fully saturated rings. The zero-order valence-corrected chi connectivity index (χ0v) is 21.9. The lowest BCUT2D eigenvalue weighted by Crippen LogP contribution is -2.42. The molecule has 180 valence electrons. The maximum Gasteiger partial charge on any atom is 0.496 e. The summed E-state index contributed by atoms with van der Waals surface area (Å²) in [6.07, 6.45) is 0. The number of halogens is 1. The van der Waals surface area contributed by atoms with Crippen LogP contribution in [-0.2, 0) is 18.6 Å². The van der Waals surface area contributed by atoms with Crippen LogP contribution in [-0.4, -0.2) is 42.5 Å². The molecule has 2 aromatic carbocycles. The normalized spacial score (nSPS) is 22.1. The first-order chi connectivity index (χ1) is 15.6. The molecule has 6 nitrogen and oxygen atoms in total. The monoisotopic (exact) mass is 483 g/mol. The fourth-order valence-corrected chi connectivity index (χ4v) is 4.04. The number of anilines is 1. The van der Waals surface area contributed by atoms with Gasteiger partial charge in [0.15, 0.2) is 0 Å². The molecule has 0 radical (unpaired) electrons. The highest BCUT2D eigenvalue weighted by Gasteiger charge is 2.54. The third-order valence-electron chi connectivity index (χ3n) is 7.47. The molecular weight excluding hydrogens is 451 g/mol. The van der Waals surface area contributed by atoms with Gasteiger partial charge in [-0.3, -0.25) is 4.79 Å². The van der Waals surface area contributed by atoms with Crippen LogP contribution in [0.4, 0.5) is 5.69 Å². The van der Waals surface area contributed by atoms with E-state index in [1.54, 1.807) is 24.3 Å². The highest BCUT2D eigenvalue weighted by molar-refractivity contribution is 6.67. The number of hydrogen-bond acceptors (Lipinski definition) is 5. The van der Waals surface area contributed by atoms with Gasteiger partial charge in [-0.2, -0.15) is 0 Å². The molecule has 0 aliphatic carbocycles. The minimum absolute atomic E-state index is 0.313. The Balaban J connectivity index is 1.72. The fraction of sp³-hybridized carbons (Fsp3) is 0.480. The fourth-order valence-electron chi connectivity index (χ4n) is 3.82. The average Bonchev–Trinajstić information content (AvgIpc) is 3.08. The smallest absolute Gasteiger partial charge is 0.399 e. The molecule has 9 heteroatoms. The maximum absolute atomic E-state index is 13.0. The van der Waals surface area contributed by atoms with Crippen LogP contribution >= 0.6 is 11.6 Å². The number of carbonyl (C=O) groups excluding carboxylic acids is 1. The van der Waals surface area contributed by atoms with E-state index in [1.165, 1.54) is 0 Å². The number of rotatable bonds is 4. The first-order valence-corrected chi connectivity index (χ1v) is 11.9. The second kappa shape index (κ2) is 8.38. The SMILES string of the molecule is CC1(C)OB(c2ccc(NC(=O)c3ccccc3Cl)c(B3OC(C)(C)C(C)(C)O3)c2)OC1(C)C. The van der Waals surface area contributed by atoms with Crippen molar-refractivity contribution in [2.75, 3.05) is 5.32 Å². The van der Waals surface area contributed by atoms with E-state index in [-0.39, 0.29) is 5.91 Å². The highest BCUT2D eigenvalue weighted by Crippen LogP contribution is 2.38. The molecule has 0 bridgehead atoms. The molecule has 2 saturated heterocycles. The number of benzene rings is 2. The second-order valence-corrected chi connectivity index (χ2v) is 11.4. The minimum atomic E-state index is -0.686. The van der Waals surface area contributed by atoms with Crippen LogP contribution in [0.15, 0.2) is 42.5 Å². The van der Waals surface area contributed by atoms with E-state index in [1.807, 2.05) is 73.6 Å². The van der Waals surface area contributed by atoms with Gasteiger partial charge in [0.2, 0.25) is 0 Å². The lowest BCUT2D eigenvalue weighted by molar-refractivity contribution is 0.00578. The Morgan fingerprint density at radius 1 is 0.765 bits per heavy atom. The molecule has 0 atom stereocenters. The quantitative estimate of drug-likeness (QED) is 0.661. The van der Waals surface area contributed by atoms with Crippen molar-refractivity contribution in [3.05, 3.63) is 53.1 Å². The van der Waals surface area contributed by atoms with Gasteiger partial charge in [0.1, 0.15) is 0 Å². The van der Waals surface area contributed by atoms with Gasteiger partial charge in [-0.15, -0.1) is 0 Å². The molecule has 2 aliphatic rings.